The van der Waals surface area contributed by atoms with Gasteiger partial charge in [-0.15, -0.1) is 0 Å². The van der Waals surface area contributed by atoms with Crippen LogP contribution in [0.4, 0.5) is 68.5 Å². The lowest BCUT2D eigenvalue weighted by atomic mass is 10.1. The number of alkyl halides is 9. The van der Waals surface area contributed by atoms with Gasteiger partial charge in [-0.25, -0.2) is 13.2 Å². The number of nitrogens with two attached hydrogens (primary N) is 2. The first-order chi connectivity index (χ1) is 17.2. The zero-order valence-corrected chi connectivity index (χ0v) is 17.8. The summed E-state index contributed by atoms with van der Waals surface area (Å²) in [7, 11) is 0. The van der Waals surface area contributed by atoms with E-state index in [1.807, 2.05) is 0 Å². The summed E-state index contributed by atoms with van der Waals surface area (Å²) in [6.45, 7) is 0. The van der Waals surface area contributed by atoms with E-state index in [2.05, 4.69) is 9.47 Å². The Balaban J connectivity index is 2.30. The topological polar surface area (TPSA) is 70.5 Å². The minimum Gasteiger partial charge on any atom is -0.453 e. The fraction of sp³-hybridized carbons (Fsp3) is 0.143. The summed E-state index contributed by atoms with van der Waals surface area (Å²) in [4.78, 5) is 0. The maximum absolute atomic E-state index is 15.1. The quantitative estimate of drug-likeness (QED) is 0.247. The van der Waals surface area contributed by atoms with E-state index in [1.54, 1.807) is 0 Å². The van der Waals surface area contributed by atoms with Gasteiger partial charge in [0.05, 0.1) is 11.4 Å². The molecule has 0 atom stereocenters. The molecular formula is C21H9F13N2O2. The summed E-state index contributed by atoms with van der Waals surface area (Å²) < 4.78 is 187. The van der Waals surface area contributed by atoms with Gasteiger partial charge in [0.25, 0.3) is 0 Å². The van der Waals surface area contributed by atoms with Crippen LogP contribution in [0.3, 0.4) is 0 Å². The molecule has 0 radical (unpaired) electrons. The Bertz CT molecular complexity index is 1400. The maximum Gasteiger partial charge on any atom is 0.422 e. The van der Waals surface area contributed by atoms with Gasteiger partial charge in [-0.3, -0.25) is 0 Å². The van der Waals surface area contributed by atoms with Crippen LogP contribution in [0.5, 0.6) is 23.0 Å². The molecule has 17 heteroatoms. The van der Waals surface area contributed by atoms with E-state index in [-0.39, 0.29) is 24.3 Å². The van der Waals surface area contributed by atoms with Crippen LogP contribution >= 0.6 is 0 Å². The van der Waals surface area contributed by atoms with Crippen molar-refractivity contribution in [3.05, 3.63) is 70.3 Å². The summed E-state index contributed by atoms with van der Waals surface area (Å²) in [5.74, 6) is -15.8. The highest BCUT2D eigenvalue weighted by atomic mass is 19.4. The normalized spacial score (nSPS) is 12.6. The predicted octanol–water partition coefficient (Wildman–Crippen LogP) is 8.05. The molecule has 0 saturated carbocycles. The van der Waals surface area contributed by atoms with Crippen LogP contribution in [-0.4, -0.2) is 0 Å². The molecule has 0 aliphatic rings. The number of nitrogen functional groups attached to an aromatic ring is 2. The van der Waals surface area contributed by atoms with Crippen LogP contribution in [0, 0.1) is 23.3 Å². The van der Waals surface area contributed by atoms with Crippen LogP contribution in [0.1, 0.15) is 16.7 Å². The van der Waals surface area contributed by atoms with Crippen molar-refractivity contribution in [2.45, 2.75) is 18.5 Å². The molecule has 3 rings (SSSR count). The summed E-state index contributed by atoms with van der Waals surface area (Å²) in [6, 6.07) is -0.329. The molecule has 4 N–H and O–H groups in total. The van der Waals surface area contributed by atoms with Crippen molar-refractivity contribution in [2.24, 2.45) is 0 Å². The number of rotatable bonds is 4. The Hall–Kier alpha value is -4.05. The number of anilines is 2. The van der Waals surface area contributed by atoms with Crippen LogP contribution < -0.4 is 20.9 Å². The summed E-state index contributed by atoms with van der Waals surface area (Å²) in [5, 5.41) is 0. The van der Waals surface area contributed by atoms with E-state index in [0.717, 1.165) is 0 Å². The van der Waals surface area contributed by atoms with Gasteiger partial charge in [-0.1, -0.05) is 0 Å². The van der Waals surface area contributed by atoms with E-state index in [9.17, 15) is 52.7 Å². The molecule has 3 aromatic carbocycles. The third-order valence-corrected chi connectivity index (χ3v) is 4.62. The zero-order valence-electron chi connectivity index (χ0n) is 17.8. The van der Waals surface area contributed by atoms with Crippen molar-refractivity contribution in [1.29, 1.82) is 0 Å². The Labute approximate surface area is 202 Å². The number of hydrogen-bond donors (Lipinski definition) is 2. The van der Waals surface area contributed by atoms with E-state index < -0.39 is 98.9 Å². The first-order valence-corrected chi connectivity index (χ1v) is 9.49. The lowest BCUT2D eigenvalue weighted by Gasteiger charge is -2.21. The van der Waals surface area contributed by atoms with E-state index in [0.29, 0.717) is 0 Å². The number of halogens is 13. The fourth-order valence-corrected chi connectivity index (χ4v) is 3.22. The molecule has 0 aliphatic heterocycles. The Morgan fingerprint density at radius 2 is 0.895 bits per heavy atom. The zero-order chi connectivity index (χ0) is 29.0. The lowest BCUT2D eigenvalue weighted by molar-refractivity contribution is -0.141. The first kappa shape index (κ1) is 28.5. The molecule has 0 aliphatic carbocycles. The van der Waals surface area contributed by atoms with Gasteiger partial charge in [0.1, 0.15) is 45.6 Å². The van der Waals surface area contributed by atoms with Gasteiger partial charge in [-0.2, -0.15) is 43.9 Å². The standard InChI is InChI=1S/C21H9F13N2O2/c22-6-1-9(35)15(20(29,30)31)11(3-6)37-13-5-8(24)14(19(26,27)28)18(17(13)25)38-12-4-7(23)2-10(36)16(12)21(32,33)34/h1-5H,35-36H2. The van der Waals surface area contributed by atoms with Gasteiger partial charge in [0.2, 0.25) is 5.82 Å². The van der Waals surface area contributed by atoms with Crippen molar-refractivity contribution in [3.8, 4) is 23.0 Å². The summed E-state index contributed by atoms with van der Waals surface area (Å²) >= 11 is 0. The van der Waals surface area contributed by atoms with Gasteiger partial charge < -0.3 is 20.9 Å². The summed E-state index contributed by atoms with van der Waals surface area (Å²) in [6.07, 6.45) is -16.8. The molecule has 38 heavy (non-hydrogen) atoms. The molecular weight excluding hydrogens is 559 g/mol. The van der Waals surface area contributed by atoms with E-state index in [4.69, 9.17) is 11.5 Å². The van der Waals surface area contributed by atoms with Crippen LogP contribution in [-0.2, 0) is 18.5 Å². The molecule has 0 bridgehead atoms. The van der Waals surface area contributed by atoms with Crippen LogP contribution in [0.25, 0.3) is 0 Å². The average molecular weight is 568 g/mol. The van der Waals surface area contributed by atoms with E-state index >= 15 is 4.39 Å². The molecule has 0 saturated heterocycles. The number of ether oxygens (including phenoxy) is 2. The van der Waals surface area contributed by atoms with Gasteiger partial charge in [0, 0.05) is 18.2 Å². The van der Waals surface area contributed by atoms with Gasteiger partial charge >= 0.3 is 18.5 Å². The largest absolute Gasteiger partial charge is 0.453 e. The molecule has 3 aromatic rings. The van der Waals surface area contributed by atoms with Crippen LogP contribution in [0.2, 0.25) is 0 Å². The third kappa shape index (κ3) is 5.60. The minimum absolute atomic E-state index is 0.0241. The molecule has 0 unspecified atom stereocenters. The number of hydrogen-bond acceptors (Lipinski definition) is 4. The Morgan fingerprint density at radius 3 is 1.29 bits per heavy atom. The van der Waals surface area contributed by atoms with Crippen molar-refractivity contribution < 1.29 is 66.5 Å². The molecule has 0 aromatic heterocycles. The van der Waals surface area contributed by atoms with Gasteiger partial charge in [-0.05, 0) is 12.1 Å². The number of benzene rings is 3. The maximum atomic E-state index is 15.1. The first-order valence-electron chi connectivity index (χ1n) is 9.49. The Morgan fingerprint density at radius 1 is 0.500 bits per heavy atom. The molecule has 4 nitrogen and oxygen atoms in total. The second kappa shape index (κ2) is 9.36. The lowest BCUT2D eigenvalue weighted by Crippen LogP contribution is -2.15. The smallest absolute Gasteiger partial charge is 0.422 e. The van der Waals surface area contributed by atoms with E-state index in [1.165, 1.54) is 0 Å². The SMILES string of the molecule is Nc1cc(F)cc(Oc2cc(F)c(C(F)(F)F)c(Oc3cc(F)cc(N)c3C(F)(F)F)c2F)c1C(F)(F)F. The van der Waals surface area contributed by atoms with Crippen molar-refractivity contribution in [3.63, 3.8) is 0 Å². The molecule has 206 valence electrons. The highest BCUT2D eigenvalue weighted by molar-refractivity contribution is 5.60. The van der Waals surface area contributed by atoms with Crippen molar-refractivity contribution >= 4 is 11.4 Å². The predicted molar refractivity (Wildman–Crippen MR) is 103 cm³/mol. The second-order valence-electron chi connectivity index (χ2n) is 7.31. The fourth-order valence-electron chi connectivity index (χ4n) is 3.22. The average Bonchev–Trinajstić information content (AvgIpc) is 2.67. The summed E-state index contributed by atoms with van der Waals surface area (Å²) in [5.41, 5.74) is 0.715. The monoisotopic (exact) mass is 568 g/mol. The van der Waals surface area contributed by atoms with Crippen molar-refractivity contribution in [2.75, 3.05) is 11.5 Å². The van der Waals surface area contributed by atoms with Crippen LogP contribution in [0.15, 0.2) is 30.3 Å². The molecule has 0 fully saturated rings. The second-order valence-corrected chi connectivity index (χ2v) is 7.31. The minimum atomic E-state index is -5.88. The van der Waals surface area contributed by atoms with Gasteiger partial charge in [0.15, 0.2) is 11.5 Å². The highest BCUT2D eigenvalue weighted by Gasteiger charge is 2.44. The molecule has 0 heterocycles. The third-order valence-electron chi connectivity index (χ3n) is 4.62. The molecule has 0 spiro atoms. The molecule has 0 amide bonds. The highest BCUT2D eigenvalue weighted by Crippen LogP contribution is 2.49. The Kier molecular flexibility index (Phi) is 7.02. The van der Waals surface area contributed by atoms with Crippen molar-refractivity contribution in [1.82, 2.24) is 0 Å².